The van der Waals surface area contributed by atoms with Crippen molar-refractivity contribution in [2.75, 3.05) is 0 Å². The molecule has 0 amide bonds. The van der Waals surface area contributed by atoms with Crippen LogP contribution in [0, 0.1) is 65.3 Å². The zero-order valence-corrected chi connectivity index (χ0v) is 23.0. The van der Waals surface area contributed by atoms with Crippen molar-refractivity contribution in [2.24, 2.45) is 0 Å². The van der Waals surface area contributed by atoms with E-state index in [1.54, 1.807) is 6.07 Å². The van der Waals surface area contributed by atoms with Crippen LogP contribution in [0.5, 0.6) is 0 Å². The monoisotopic (exact) mass is 634 g/mol. The topological polar surface area (TPSA) is 84.4 Å². The number of benzene rings is 3. The van der Waals surface area contributed by atoms with E-state index in [-0.39, 0.29) is 11.1 Å². The first-order valence-electron chi connectivity index (χ1n) is 12.8. The first-order valence-corrected chi connectivity index (χ1v) is 12.8. The second-order valence-corrected chi connectivity index (χ2v) is 9.69. The van der Waals surface area contributed by atoms with E-state index in [2.05, 4.69) is 14.5 Å². The van der Waals surface area contributed by atoms with Gasteiger partial charge in [-0.3, -0.25) is 0 Å². The Morgan fingerprint density at radius 2 is 1.13 bits per heavy atom. The Bertz CT molecular complexity index is 2130. The molecule has 13 heteroatoms. The summed E-state index contributed by atoms with van der Waals surface area (Å²) in [6, 6.07) is 12.1. The molecule has 2 aliphatic carbocycles. The number of hydrogen-bond donors (Lipinski definition) is 0. The van der Waals surface area contributed by atoms with E-state index in [1.807, 2.05) is 0 Å². The molecule has 0 aromatic heterocycles. The third-order valence-electron chi connectivity index (χ3n) is 7.41. The molecule has 0 N–H and O–H groups in total. The maximum Gasteiger partial charge on any atom is 0.416 e. The molecule has 3 aromatic rings. The van der Waals surface area contributed by atoms with Crippen molar-refractivity contribution in [3.8, 4) is 18.2 Å². The number of hydrogen-bond acceptors (Lipinski definition) is 3. The Balaban J connectivity index is 2.19. The van der Waals surface area contributed by atoms with Crippen molar-refractivity contribution in [1.29, 1.82) is 15.8 Å². The highest BCUT2D eigenvalue weighted by Gasteiger charge is 2.50. The fraction of sp³-hybridized carbons (Fsp3) is 0.0588. The van der Waals surface area contributed by atoms with Crippen molar-refractivity contribution < 1.29 is 30.7 Å². The van der Waals surface area contributed by atoms with Gasteiger partial charge in [0.15, 0.2) is 0 Å². The van der Waals surface area contributed by atoms with E-state index in [9.17, 15) is 24.6 Å². The lowest BCUT2D eigenvalue weighted by molar-refractivity contribution is -0.138. The average Bonchev–Trinajstić information content (AvgIpc) is 3.54. The van der Waals surface area contributed by atoms with Crippen LogP contribution >= 0.6 is 0 Å². The number of allylic oxidation sites excluding steroid dienone is 7. The molecular formula is C34H9F7N6. The van der Waals surface area contributed by atoms with Gasteiger partial charge in [0.2, 0.25) is 5.70 Å². The second-order valence-electron chi connectivity index (χ2n) is 9.69. The zero-order valence-electron chi connectivity index (χ0n) is 23.0. The number of halogens is 7. The molecule has 0 saturated heterocycles. The van der Waals surface area contributed by atoms with Crippen LogP contribution in [0.2, 0.25) is 0 Å². The van der Waals surface area contributed by atoms with Gasteiger partial charge in [-0.05, 0) is 63.2 Å². The van der Waals surface area contributed by atoms with E-state index in [0.717, 1.165) is 48.5 Å². The molecule has 6 nitrogen and oxygen atoms in total. The molecule has 5 rings (SSSR count). The number of rotatable bonds is 3. The van der Waals surface area contributed by atoms with Gasteiger partial charge in [0.05, 0.1) is 43.0 Å². The molecule has 0 spiro atoms. The Morgan fingerprint density at radius 3 is 1.51 bits per heavy atom. The fourth-order valence-corrected chi connectivity index (χ4v) is 5.79. The minimum absolute atomic E-state index is 0.189. The van der Waals surface area contributed by atoms with Gasteiger partial charge < -0.3 is 0 Å². The summed E-state index contributed by atoms with van der Waals surface area (Å²) in [6.45, 7) is 23.0. The van der Waals surface area contributed by atoms with Gasteiger partial charge in [-0.2, -0.15) is 18.4 Å². The maximum absolute atomic E-state index is 15.5. The lowest BCUT2D eigenvalue weighted by atomic mass is 9.82. The minimum atomic E-state index is -5.52. The van der Waals surface area contributed by atoms with Crippen LogP contribution in [0.15, 0.2) is 59.9 Å². The van der Waals surface area contributed by atoms with Crippen molar-refractivity contribution >= 4 is 33.6 Å². The van der Waals surface area contributed by atoms with E-state index in [4.69, 9.17) is 19.7 Å². The summed E-state index contributed by atoms with van der Waals surface area (Å²) in [7, 11) is 0. The standard InChI is InChI=1S/C34H9F7N6/c1-45-20(13-43)25-22(15-4-8-17(35)9-5-15)19(12-42)24-27(25)29(33(37)38)28-26(21(14-44)46-2)23(16-6-10-18(36)11-7-16)32(47-3)30(28)31(24)34(39,40)41/h4-11,33H/b25-20-,26-21+. The predicted molar refractivity (Wildman–Crippen MR) is 153 cm³/mol. The quantitative estimate of drug-likeness (QED) is 0.163. The average molecular weight is 634 g/mol. The van der Waals surface area contributed by atoms with Gasteiger partial charge in [-0.1, -0.05) is 24.3 Å². The number of fused-ring (bicyclic) bond motifs is 2. The third-order valence-corrected chi connectivity index (χ3v) is 7.41. The van der Waals surface area contributed by atoms with Gasteiger partial charge in [0, 0.05) is 22.3 Å². The predicted octanol–water partition coefficient (Wildman–Crippen LogP) is 9.48. The summed E-state index contributed by atoms with van der Waals surface area (Å²) in [5.41, 5.74) is -14.3. The largest absolute Gasteiger partial charge is 0.416 e. The van der Waals surface area contributed by atoms with Crippen molar-refractivity contribution in [2.45, 2.75) is 12.6 Å². The Kier molecular flexibility index (Phi) is 7.73. The molecule has 0 radical (unpaired) electrons. The van der Waals surface area contributed by atoms with Gasteiger partial charge in [0.1, 0.15) is 17.7 Å². The van der Waals surface area contributed by atoms with Crippen molar-refractivity contribution in [3.05, 3.63) is 150 Å². The summed E-state index contributed by atoms with van der Waals surface area (Å²) in [6.07, 6.45) is -9.26. The molecule has 224 valence electrons. The van der Waals surface area contributed by atoms with E-state index in [1.165, 1.54) is 12.1 Å². The molecule has 0 heterocycles. The smallest absolute Gasteiger partial charge is 0.237 e. The second kappa shape index (κ2) is 11.5. The Labute approximate surface area is 261 Å². The lowest BCUT2D eigenvalue weighted by Gasteiger charge is -2.23. The van der Waals surface area contributed by atoms with Crippen LogP contribution in [-0.2, 0) is 6.18 Å². The molecule has 47 heavy (non-hydrogen) atoms. The third kappa shape index (κ3) is 4.68. The molecule has 0 unspecified atom stereocenters. The highest BCUT2D eigenvalue weighted by Crippen LogP contribution is 2.62. The fourth-order valence-electron chi connectivity index (χ4n) is 5.79. The van der Waals surface area contributed by atoms with Gasteiger partial charge in [-0.15, -0.1) is 0 Å². The SMILES string of the molecule is [C-]#[N+]C1=C(c2ccc(F)cc2)/C(=C(/C#N)[N+]#[C-])c2c1c(C(F)(F)F)c1c(c2C(F)F)/C(=C(/C#N)[N+]#[C-])C(c2ccc(F)cc2)=C1C#N. The molecular weight excluding hydrogens is 625 g/mol. The minimum Gasteiger partial charge on any atom is -0.237 e. The molecule has 3 aromatic carbocycles. The molecule has 0 bridgehead atoms. The molecule has 0 aliphatic heterocycles. The van der Waals surface area contributed by atoms with Crippen LogP contribution in [0.3, 0.4) is 0 Å². The summed E-state index contributed by atoms with van der Waals surface area (Å²) < 4.78 is 105. The molecule has 0 atom stereocenters. The van der Waals surface area contributed by atoms with Crippen LogP contribution in [0.4, 0.5) is 30.7 Å². The summed E-state index contributed by atoms with van der Waals surface area (Å²) in [5.74, 6) is -1.61. The summed E-state index contributed by atoms with van der Waals surface area (Å²) >= 11 is 0. The van der Waals surface area contributed by atoms with Gasteiger partial charge in [0.25, 0.3) is 17.8 Å². The van der Waals surface area contributed by atoms with Crippen molar-refractivity contribution in [3.63, 3.8) is 0 Å². The van der Waals surface area contributed by atoms with Crippen LogP contribution in [0.25, 0.3) is 48.1 Å². The highest BCUT2D eigenvalue weighted by molar-refractivity contribution is 6.30. The number of nitriles is 3. The van der Waals surface area contributed by atoms with Crippen LogP contribution in [0.1, 0.15) is 50.9 Å². The van der Waals surface area contributed by atoms with Crippen molar-refractivity contribution in [1.82, 2.24) is 0 Å². The van der Waals surface area contributed by atoms with E-state index >= 15 is 22.0 Å². The van der Waals surface area contributed by atoms with E-state index < -0.39 is 103 Å². The molecule has 0 fully saturated rings. The van der Waals surface area contributed by atoms with Crippen LogP contribution < -0.4 is 0 Å². The lowest BCUT2D eigenvalue weighted by Crippen LogP contribution is -2.16. The number of nitrogens with zero attached hydrogens (tertiary/aromatic N) is 6. The first-order chi connectivity index (χ1) is 22.4. The van der Waals surface area contributed by atoms with Crippen LogP contribution in [-0.4, -0.2) is 0 Å². The number of alkyl halides is 5. The highest BCUT2D eigenvalue weighted by atomic mass is 19.4. The summed E-state index contributed by atoms with van der Waals surface area (Å²) in [4.78, 5) is 9.31. The first kappa shape index (κ1) is 31.5. The normalized spacial score (nSPS) is 15.5. The van der Waals surface area contributed by atoms with E-state index in [0.29, 0.717) is 0 Å². The summed E-state index contributed by atoms with van der Waals surface area (Å²) in [5, 5.41) is 30.0. The maximum atomic E-state index is 15.5. The Morgan fingerprint density at radius 1 is 0.681 bits per heavy atom. The molecule has 2 aliphatic rings. The molecule has 0 saturated carbocycles. The zero-order chi connectivity index (χ0) is 34.4. The Hall–Kier alpha value is -6.93. The van der Waals surface area contributed by atoms with Gasteiger partial charge in [-0.25, -0.2) is 42.6 Å². The van der Waals surface area contributed by atoms with Gasteiger partial charge >= 0.3 is 6.18 Å².